The third kappa shape index (κ3) is 12.9. The number of nitrogens with zero attached hydrogens (tertiary/aromatic N) is 2. The summed E-state index contributed by atoms with van der Waals surface area (Å²) in [5, 5.41) is 0. The zero-order valence-electron chi connectivity index (χ0n) is 21.9. The standard InChI is InChI=1S/C31H48N2O/c1-3-5-7-9-11-12-13-15-17-19-25-34-30-23-21-29(22-24-30)31-32-26-28(27-33-31)20-18-16-14-10-8-6-4-2/h12-13,21-24,26-27H,3-11,14-20,25H2,1-2H3. The van der Waals surface area contributed by atoms with Crippen LogP contribution in [0, 0.1) is 0 Å². The summed E-state index contributed by atoms with van der Waals surface area (Å²) in [6.07, 6.45) is 29.1. The fraction of sp³-hybridized carbons (Fsp3) is 0.613. The van der Waals surface area contributed by atoms with Crippen LogP contribution in [0.15, 0.2) is 48.8 Å². The molecule has 1 aromatic carbocycles. The maximum absolute atomic E-state index is 5.91. The molecule has 3 nitrogen and oxygen atoms in total. The van der Waals surface area contributed by atoms with E-state index in [4.69, 9.17) is 4.74 Å². The van der Waals surface area contributed by atoms with Crippen molar-refractivity contribution in [2.45, 2.75) is 117 Å². The molecule has 1 heterocycles. The van der Waals surface area contributed by atoms with E-state index in [-0.39, 0.29) is 0 Å². The predicted octanol–water partition coefficient (Wildman–Crippen LogP) is 9.51. The van der Waals surface area contributed by atoms with Crippen LogP contribution in [-0.2, 0) is 6.42 Å². The number of aromatic nitrogens is 2. The zero-order chi connectivity index (χ0) is 24.1. The van der Waals surface area contributed by atoms with E-state index in [1.54, 1.807) is 0 Å². The van der Waals surface area contributed by atoms with Gasteiger partial charge in [-0.1, -0.05) is 83.8 Å². The van der Waals surface area contributed by atoms with Crippen molar-refractivity contribution in [2.24, 2.45) is 0 Å². The second-order valence-corrected chi connectivity index (χ2v) is 9.48. The van der Waals surface area contributed by atoms with Gasteiger partial charge in [0.1, 0.15) is 5.75 Å². The van der Waals surface area contributed by atoms with Gasteiger partial charge in [-0.05, 0) is 74.8 Å². The molecular formula is C31H48N2O. The van der Waals surface area contributed by atoms with Crippen molar-refractivity contribution in [1.82, 2.24) is 9.97 Å². The van der Waals surface area contributed by atoms with E-state index in [0.717, 1.165) is 43.0 Å². The van der Waals surface area contributed by atoms with Gasteiger partial charge in [0.15, 0.2) is 5.82 Å². The van der Waals surface area contributed by atoms with Crippen LogP contribution in [0.5, 0.6) is 5.75 Å². The Hall–Kier alpha value is -2.16. The minimum atomic E-state index is 0.771. The second-order valence-electron chi connectivity index (χ2n) is 9.48. The van der Waals surface area contributed by atoms with Crippen molar-refractivity contribution in [3.05, 3.63) is 54.4 Å². The number of hydrogen-bond acceptors (Lipinski definition) is 3. The summed E-state index contributed by atoms with van der Waals surface area (Å²) in [6.45, 7) is 5.30. The summed E-state index contributed by atoms with van der Waals surface area (Å²) >= 11 is 0. The molecule has 188 valence electrons. The van der Waals surface area contributed by atoms with Gasteiger partial charge in [0.25, 0.3) is 0 Å². The van der Waals surface area contributed by atoms with Crippen LogP contribution in [0.3, 0.4) is 0 Å². The molecule has 0 saturated carbocycles. The number of unbranched alkanes of at least 4 members (excludes halogenated alkanes) is 12. The molecule has 0 aliphatic rings. The lowest BCUT2D eigenvalue weighted by Gasteiger charge is -2.07. The van der Waals surface area contributed by atoms with Gasteiger partial charge in [-0.2, -0.15) is 0 Å². The van der Waals surface area contributed by atoms with Gasteiger partial charge in [0.05, 0.1) is 6.61 Å². The summed E-state index contributed by atoms with van der Waals surface area (Å²) in [5.74, 6) is 1.71. The highest BCUT2D eigenvalue weighted by Gasteiger charge is 2.03. The fourth-order valence-corrected chi connectivity index (χ4v) is 4.10. The van der Waals surface area contributed by atoms with Gasteiger partial charge in [-0.15, -0.1) is 0 Å². The average molecular weight is 465 g/mol. The Balaban J connectivity index is 1.58. The van der Waals surface area contributed by atoms with Gasteiger partial charge in [0, 0.05) is 18.0 Å². The summed E-state index contributed by atoms with van der Waals surface area (Å²) < 4.78 is 5.91. The molecule has 0 aliphatic heterocycles. The Morgan fingerprint density at radius 3 is 1.85 bits per heavy atom. The van der Waals surface area contributed by atoms with E-state index in [1.807, 2.05) is 24.5 Å². The van der Waals surface area contributed by atoms with Crippen molar-refractivity contribution < 1.29 is 4.74 Å². The lowest BCUT2D eigenvalue weighted by atomic mass is 10.1. The molecule has 2 rings (SSSR count). The van der Waals surface area contributed by atoms with Crippen molar-refractivity contribution in [3.63, 3.8) is 0 Å². The molecule has 0 unspecified atom stereocenters. The van der Waals surface area contributed by atoms with Crippen LogP contribution in [0.2, 0.25) is 0 Å². The van der Waals surface area contributed by atoms with Crippen LogP contribution < -0.4 is 4.74 Å². The normalized spacial score (nSPS) is 11.4. The van der Waals surface area contributed by atoms with E-state index < -0.39 is 0 Å². The highest BCUT2D eigenvalue weighted by molar-refractivity contribution is 5.55. The number of allylic oxidation sites excluding steroid dienone is 2. The van der Waals surface area contributed by atoms with E-state index in [0.29, 0.717) is 0 Å². The lowest BCUT2D eigenvalue weighted by Crippen LogP contribution is -1.97. The third-order valence-corrected chi connectivity index (χ3v) is 6.31. The van der Waals surface area contributed by atoms with Gasteiger partial charge >= 0.3 is 0 Å². The Kier molecular flexibility index (Phi) is 15.8. The minimum absolute atomic E-state index is 0.771. The van der Waals surface area contributed by atoms with Crippen LogP contribution in [0.25, 0.3) is 11.4 Å². The van der Waals surface area contributed by atoms with Gasteiger partial charge in [0.2, 0.25) is 0 Å². The first-order valence-electron chi connectivity index (χ1n) is 14.0. The second kappa shape index (κ2) is 19.2. The van der Waals surface area contributed by atoms with Gasteiger partial charge in [-0.25, -0.2) is 9.97 Å². The zero-order valence-corrected chi connectivity index (χ0v) is 21.9. The quantitative estimate of drug-likeness (QED) is 0.144. The topological polar surface area (TPSA) is 35.0 Å². The molecule has 0 bridgehead atoms. The first kappa shape index (κ1) is 28.1. The van der Waals surface area contributed by atoms with Crippen molar-refractivity contribution >= 4 is 0 Å². The van der Waals surface area contributed by atoms with E-state index in [2.05, 4.69) is 48.1 Å². The summed E-state index contributed by atoms with van der Waals surface area (Å²) in [7, 11) is 0. The first-order valence-corrected chi connectivity index (χ1v) is 14.0. The van der Waals surface area contributed by atoms with Crippen LogP contribution >= 0.6 is 0 Å². The number of rotatable bonds is 20. The average Bonchev–Trinajstić information content (AvgIpc) is 2.87. The SMILES string of the molecule is CCCCCCC=CCCCCOc1ccc(-c2ncc(CCCCCCCCC)cn2)cc1. The van der Waals surface area contributed by atoms with Gasteiger partial charge < -0.3 is 4.74 Å². The number of aryl methyl sites for hydroxylation is 1. The molecule has 0 N–H and O–H groups in total. The fourth-order valence-electron chi connectivity index (χ4n) is 4.10. The highest BCUT2D eigenvalue weighted by Crippen LogP contribution is 2.20. The van der Waals surface area contributed by atoms with Crippen molar-refractivity contribution in [3.8, 4) is 17.1 Å². The number of benzene rings is 1. The molecule has 0 amide bonds. The molecule has 1 aromatic heterocycles. The molecule has 3 heteroatoms. The smallest absolute Gasteiger partial charge is 0.159 e. The Morgan fingerprint density at radius 1 is 0.647 bits per heavy atom. The Morgan fingerprint density at radius 2 is 1.21 bits per heavy atom. The molecule has 0 saturated heterocycles. The summed E-state index contributed by atoms with van der Waals surface area (Å²) in [6, 6.07) is 8.17. The highest BCUT2D eigenvalue weighted by atomic mass is 16.5. The predicted molar refractivity (Wildman–Crippen MR) is 146 cm³/mol. The molecule has 0 atom stereocenters. The van der Waals surface area contributed by atoms with E-state index >= 15 is 0 Å². The first-order chi connectivity index (χ1) is 16.8. The molecular weight excluding hydrogens is 416 g/mol. The van der Waals surface area contributed by atoms with E-state index in [9.17, 15) is 0 Å². The van der Waals surface area contributed by atoms with Crippen LogP contribution in [0.1, 0.15) is 116 Å². The van der Waals surface area contributed by atoms with Crippen LogP contribution in [-0.4, -0.2) is 16.6 Å². The molecule has 2 aromatic rings. The summed E-state index contributed by atoms with van der Waals surface area (Å²) in [4.78, 5) is 9.18. The number of ether oxygens (including phenoxy) is 1. The third-order valence-electron chi connectivity index (χ3n) is 6.31. The Labute approximate surface area is 209 Å². The van der Waals surface area contributed by atoms with Gasteiger partial charge in [-0.3, -0.25) is 0 Å². The molecule has 0 fully saturated rings. The van der Waals surface area contributed by atoms with Crippen molar-refractivity contribution in [2.75, 3.05) is 6.61 Å². The van der Waals surface area contributed by atoms with E-state index in [1.165, 1.54) is 89.0 Å². The van der Waals surface area contributed by atoms with Crippen LogP contribution in [0.4, 0.5) is 0 Å². The maximum atomic E-state index is 5.91. The molecule has 0 aliphatic carbocycles. The Bertz CT molecular complexity index is 752. The summed E-state index contributed by atoms with van der Waals surface area (Å²) in [5.41, 5.74) is 2.28. The largest absolute Gasteiger partial charge is 0.494 e. The minimum Gasteiger partial charge on any atom is -0.494 e. The lowest BCUT2D eigenvalue weighted by molar-refractivity contribution is 0.307. The molecule has 0 radical (unpaired) electrons. The van der Waals surface area contributed by atoms with Crippen molar-refractivity contribution in [1.29, 1.82) is 0 Å². The number of hydrogen-bond donors (Lipinski definition) is 0. The molecule has 0 spiro atoms. The molecule has 34 heavy (non-hydrogen) atoms. The maximum Gasteiger partial charge on any atom is 0.159 e. The monoisotopic (exact) mass is 464 g/mol.